The summed E-state index contributed by atoms with van der Waals surface area (Å²) in [6.07, 6.45) is 4.06. The molecule has 2 aromatic rings. The van der Waals surface area contributed by atoms with E-state index in [4.69, 9.17) is 15.5 Å². The number of hydrogen-bond donors (Lipinski definition) is 4. The maximum absolute atomic E-state index is 13.0. The molecule has 31 heavy (non-hydrogen) atoms. The van der Waals surface area contributed by atoms with Gasteiger partial charge < -0.3 is 30.2 Å². The fraction of sp³-hybridized carbons (Fsp3) is 0.455. The van der Waals surface area contributed by atoms with Crippen LogP contribution in [-0.4, -0.2) is 72.9 Å². The number of fused-ring (bicyclic) bond motifs is 1. The lowest BCUT2D eigenvalue weighted by molar-refractivity contribution is 0.0663. The Bertz CT molecular complexity index is 1020. The number of carbonyl (C=O) groups excluding carboxylic acids is 1. The molecule has 3 heterocycles. The molecule has 5 N–H and O–H groups in total. The average Bonchev–Trinajstić information content (AvgIpc) is 3.47. The van der Waals surface area contributed by atoms with Crippen molar-refractivity contribution in [1.29, 1.82) is 0 Å². The van der Waals surface area contributed by atoms with Gasteiger partial charge in [-0.25, -0.2) is 0 Å². The van der Waals surface area contributed by atoms with E-state index >= 15 is 0 Å². The van der Waals surface area contributed by atoms with Crippen LogP contribution in [0.25, 0.3) is 0 Å². The van der Waals surface area contributed by atoms with Crippen molar-refractivity contribution in [2.24, 2.45) is 10.7 Å². The number of piperazine rings is 1. The normalized spacial score (nSPS) is 25.0. The summed E-state index contributed by atoms with van der Waals surface area (Å²) in [5.41, 5.74) is 9.88. The number of rotatable bonds is 4. The number of likely N-dealkylation sites (N-methyl/N-ethyl adjacent to an activating group) is 1. The standard InChI is InChI=1S/C22H29N7O2/c1-28-9-11-29(12-10-28)21(30)14-3-6-16(18(13-14)31-2)22(23)26-17-7-8-24-19(17)20(27-22)25-15-4-5-15/h3,6-8,13,15,24,26H,4-5,9-12,23H2,1-2H3,(H,25,27). The molecular weight excluding hydrogens is 394 g/mol. The van der Waals surface area contributed by atoms with Crippen LogP contribution in [0.4, 0.5) is 5.69 Å². The number of benzene rings is 1. The van der Waals surface area contributed by atoms with E-state index in [0.29, 0.717) is 22.9 Å². The van der Waals surface area contributed by atoms with Crippen molar-refractivity contribution < 1.29 is 9.53 Å². The van der Waals surface area contributed by atoms with Crippen molar-refractivity contribution in [3.05, 3.63) is 47.3 Å². The van der Waals surface area contributed by atoms with E-state index in [-0.39, 0.29) is 5.91 Å². The second-order valence-electron chi connectivity index (χ2n) is 8.54. The Kier molecular flexibility index (Phi) is 4.86. The number of H-pyrrole nitrogens is 1. The summed E-state index contributed by atoms with van der Waals surface area (Å²) in [4.78, 5) is 25.2. The van der Waals surface area contributed by atoms with Crippen LogP contribution in [0.3, 0.4) is 0 Å². The zero-order valence-electron chi connectivity index (χ0n) is 17.9. The van der Waals surface area contributed by atoms with Gasteiger partial charge in [0, 0.05) is 37.9 Å². The first-order valence-corrected chi connectivity index (χ1v) is 10.7. The predicted molar refractivity (Wildman–Crippen MR) is 119 cm³/mol. The molecule has 9 nitrogen and oxygen atoms in total. The van der Waals surface area contributed by atoms with E-state index in [2.05, 4.69) is 27.6 Å². The quantitative estimate of drug-likeness (QED) is 0.586. The monoisotopic (exact) mass is 423 g/mol. The van der Waals surface area contributed by atoms with Gasteiger partial charge in [-0.2, -0.15) is 0 Å². The highest BCUT2D eigenvalue weighted by atomic mass is 16.5. The molecule has 1 saturated heterocycles. The van der Waals surface area contributed by atoms with Crippen molar-refractivity contribution in [2.45, 2.75) is 24.7 Å². The molecule has 1 aromatic carbocycles. The third-order valence-corrected chi connectivity index (χ3v) is 6.15. The number of amidine groups is 1. The number of aromatic nitrogens is 1. The zero-order chi connectivity index (χ0) is 21.6. The Morgan fingerprint density at radius 3 is 2.68 bits per heavy atom. The summed E-state index contributed by atoms with van der Waals surface area (Å²) in [6, 6.07) is 7.73. The number of methoxy groups -OCH3 is 1. The molecule has 2 aliphatic heterocycles. The molecule has 9 heteroatoms. The highest BCUT2D eigenvalue weighted by Crippen LogP contribution is 2.34. The molecule has 0 bridgehead atoms. The molecule has 164 valence electrons. The van der Waals surface area contributed by atoms with Gasteiger partial charge in [-0.1, -0.05) is 0 Å². The highest BCUT2D eigenvalue weighted by Gasteiger charge is 2.38. The molecule has 1 aromatic heterocycles. The first kappa shape index (κ1) is 19.9. The van der Waals surface area contributed by atoms with Gasteiger partial charge in [-0.15, -0.1) is 0 Å². The summed E-state index contributed by atoms with van der Waals surface area (Å²) in [7, 11) is 3.66. The number of amides is 1. The van der Waals surface area contributed by atoms with Crippen LogP contribution >= 0.6 is 0 Å². The molecule has 5 rings (SSSR count). The van der Waals surface area contributed by atoms with E-state index in [0.717, 1.165) is 56.2 Å². The largest absolute Gasteiger partial charge is 0.496 e. The highest BCUT2D eigenvalue weighted by molar-refractivity contribution is 6.04. The minimum absolute atomic E-state index is 0.0116. The van der Waals surface area contributed by atoms with Gasteiger partial charge in [-0.3, -0.25) is 15.5 Å². The minimum Gasteiger partial charge on any atom is -0.496 e. The topological polar surface area (TPSA) is 111 Å². The van der Waals surface area contributed by atoms with Gasteiger partial charge >= 0.3 is 0 Å². The van der Waals surface area contributed by atoms with Crippen LogP contribution in [0.15, 0.2) is 35.5 Å². The number of anilines is 1. The number of nitrogens with two attached hydrogens (primary N) is 1. The number of aliphatic imine (C=N–C) groups is 1. The van der Waals surface area contributed by atoms with Gasteiger partial charge in [0.05, 0.1) is 24.4 Å². The number of ether oxygens (including phenoxy) is 1. The molecule has 1 saturated carbocycles. The van der Waals surface area contributed by atoms with Crippen LogP contribution in [0, 0.1) is 0 Å². The fourth-order valence-electron chi connectivity index (χ4n) is 4.12. The van der Waals surface area contributed by atoms with Gasteiger partial charge in [0.2, 0.25) is 0 Å². The first-order chi connectivity index (χ1) is 15.0. The molecule has 1 unspecified atom stereocenters. The number of aromatic amines is 1. The number of carbonyl (C=O) groups is 1. The van der Waals surface area contributed by atoms with Gasteiger partial charge in [0.25, 0.3) is 5.91 Å². The number of nitrogens with zero attached hydrogens (tertiary/aromatic N) is 3. The van der Waals surface area contributed by atoms with Gasteiger partial charge in [-0.05, 0) is 44.2 Å². The summed E-state index contributed by atoms with van der Waals surface area (Å²) >= 11 is 0. The van der Waals surface area contributed by atoms with E-state index in [1.54, 1.807) is 13.2 Å². The number of nitrogens with one attached hydrogen (secondary N) is 3. The van der Waals surface area contributed by atoms with Crippen LogP contribution in [0.5, 0.6) is 5.75 Å². The summed E-state index contributed by atoms with van der Waals surface area (Å²) in [5.74, 6) is 0.178. The lowest BCUT2D eigenvalue weighted by Gasteiger charge is -2.38. The molecular formula is C22H29N7O2. The Balaban J connectivity index is 1.45. The predicted octanol–water partition coefficient (Wildman–Crippen LogP) is 1.10. The zero-order valence-corrected chi connectivity index (χ0v) is 17.9. The van der Waals surface area contributed by atoms with Crippen molar-refractivity contribution in [2.75, 3.05) is 45.7 Å². The van der Waals surface area contributed by atoms with E-state index in [1.807, 2.05) is 29.3 Å². The second kappa shape index (κ2) is 7.58. The molecule has 1 aliphatic carbocycles. The average molecular weight is 424 g/mol. The summed E-state index contributed by atoms with van der Waals surface area (Å²) < 4.78 is 5.67. The van der Waals surface area contributed by atoms with Crippen LogP contribution < -0.4 is 21.1 Å². The Hall–Kier alpha value is -3.04. The first-order valence-electron chi connectivity index (χ1n) is 10.7. The van der Waals surface area contributed by atoms with E-state index in [1.165, 1.54) is 0 Å². The van der Waals surface area contributed by atoms with Crippen molar-refractivity contribution in [1.82, 2.24) is 20.1 Å². The Labute approximate surface area is 181 Å². The van der Waals surface area contributed by atoms with Gasteiger partial charge in [0.1, 0.15) is 11.4 Å². The lowest BCUT2D eigenvalue weighted by atomic mass is 10.0. The van der Waals surface area contributed by atoms with Crippen LogP contribution in [0.2, 0.25) is 0 Å². The molecule has 0 spiro atoms. The molecule has 0 radical (unpaired) electrons. The maximum Gasteiger partial charge on any atom is 0.254 e. The third-order valence-electron chi connectivity index (χ3n) is 6.15. The van der Waals surface area contributed by atoms with E-state index < -0.39 is 5.79 Å². The third kappa shape index (κ3) is 3.75. The van der Waals surface area contributed by atoms with Gasteiger partial charge in [0.15, 0.2) is 11.6 Å². The molecule has 1 amide bonds. The maximum atomic E-state index is 13.0. The fourth-order valence-corrected chi connectivity index (χ4v) is 4.12. The lowest BCUT2D eigenvalue weighted by Crippen LogP contribution is -2.61. The van der Waals surface area contributed by atoms with E-state index in [9.17, 15) is 4.79 Å². The molecule has 1 atom stereocenters. The Morgan fingerprint density at radius 1 is 1.19 bits per heavy atom. The van der Waals surface area contributed by atoms with Crippen LogP contribution in [-0.2, 0) is 5.79 Å². The van der Waals surface area contributed by atoms with Crippen molar-refractivity contribution >= 4 is 17.4 Å². The SMILES string of the molecule is COc1cc(C(=O)N2CCN(C)CC2)ccc1C1(N)NC(=NC2CC2)c2[nH]ccc2N1. The molecule has 2 fully saturated rings. The number of hydrogen-bond acceptors (Lipinski definition) is 6. The smallest absolute Gasteiger partial charge is 0.254 e. The Morgan fingerprint density at radius 2 is 1.97 bits per heavy atom. The van der Waals surface area contributed by atoms with Crippen LogP contribution in [0.1, 0.15) is 34.5 Å². The second-order valence-corrected chi connectivity index (χ2v) is 8.54. The van der Waals surface area contributed by atoms with Crippen molar-refractivity contribution in [3.63, 3.8) is 0 Å². The minimum atomic E-state index is -1.12. The molecule has 3 aliphatic rings. The summed E-state index contributed by atoms with van der Waals surface area (Å²) in [6.45, 7) is 3.20. The summed E-state index contributed by atoms with van der Waals surface area (Å²) in [5, 5.41) is 6.71. The van der Waals surface area contributed by atoms with Crippen molar-refractivity contribution in [3.8, 4) is 5.75 Å².